The molecule has 0 saturated heterocycles. The minimum absolute atomic E-state index is 0.748. The third kappa shape index (κ3) is 3.39. The van der Waals surface area contributed by atoms with E-state index in [9.17, 15) is 4.79 Å². The Kier molecular flexibility index (Phi) is 5.03. The first-order valence-electron chi connectivity index (χ1n) is 4.03. The van der Waals surface area contributed by atoms with Gasteiger partial charge in [-0.1, -0.05) is 37.3 Å². The van der Waals surface area contributed by atoms with Crippen molar-refractivity contribution in [2.45, 2.75) is 42.5 Å². The summed E-state index contributed by atoms with van der Waals surface area (Å²) in [4.78, 5) is 10.3. The van der Waals surface area contributed by atoms with Crippen LogP contribution in [0.2, 0.25) is 14.8 Å². The summed E-state index contributed by atoms with van der Waals surface area (Å²) in [5, 5.41) is 0.856. The summed E-state index contributed by atoms with van der Waals surface area (Å²) in [7, 11) is 0. The Morgan fingerprint density at radius 3 is 1.70 bits per heavy atom. The van der Waals surface area contributed by atoms with Crippen LogP contribution in [0.25, 0.3) is 0 Å². The molecule has 0 aliphatic rings. The van der Waals surface area contributed by atoms with Crippen molar-refractivity contribution < 1.29 is 4.79 Å². The molecule has 0 aromatic heterocycles. The Labute approximate surface area is 68.2 Å². The lowest BCUT2D eigenvalue weighted by molar-refractivity contribution is -0.106. The van der Waals surface area contributed by atoms with Crippen LogP contribution in [0.5, 0.6) is 0 Å². The van der Waals surface area contributed by atoms with Gasteiger partial charge in [0.05, 0.1) is 0 Å². The summed E-state index contributed by atoms with van der Waals surface area (Å²) in [6.45, 7) is 8.95. The van der Waals surface area contributed by atoms with Gasteiger partial charge in [-0.05, 0) is 5.28 Å². The van der Waals surface area contributed by atoms with Crippen molar-refractivity contribution in [1.82, 2.24) is 0 Å². The van der Waals surface area contributed by atoms with Crippen LogP contribution in [-0.2, 0) is 4.79 Å². The molecule has 1 nitrogen and oxygen atoms in total. The van der Waals surface area contributed by atoms with E-state index in [2.05, 4.69) is 27.7 Å². The van der Waals surface area contributed by atoms with E-state index in [4.69, 9.17) is 0 Å². The minimum atomic E-state index is -0.748. The molecule has 0 rings (SSSR count). The molecule has 10 heavy (non-hydrogen) atoms. The average Bonchev–Trinajstić information content (AvgIpc) is 1.81. The Balaban J connectivity index is 3.84. The fourth-order valence-corrected chi connectivity index (χ4v) is 4.28. The van der Waals surface area contributed by atoms with E-state index in [0.717, 1.165) is 21.1 Å². The maximum atomic E-state index is 10.3. The number of hydrogen-bond acceptors (Lipinski definition) is 1. The molecule has 0 aromatic rings. The van der Waals surface area contributed by atoms with E-state index < -0.39 is 14.1 Å². The lowest BCUT2D eigenvalue weighted by atomic mass is 10.5. The van der Waals surface area contributed by atoms with Crippen LogP contribution in [0.15, 0.2) is 0 Å². The number of rotatable bonds is 4. The standard InChI is InChI=1S/2C3H7.C2H3O.Al/c2*1-3-2;1-2-3;/h2*3H,1-2H3;2H,1H2;. The van der Waals surface area contributed by atoms with Gasteiger partial charge in [0.1, 0.15) is 6.29 Å². The zero-order valence-corrected chi connectivity index (χ0v) is 8.58. The van der Waals surface area contributed by atoms with E-state index in [1.165, 1.54) is 0 Å². The molecule has 0 heterocycles. The van der Waals surface area contributed by atoms with Crippen LogP contribution in [0.4, 0.5) is 0 Å². The summed E-state index contributed by atoms with van der Waals surface area (Å²) < 4.78 is 1.54. The molecule has 0 amide bonds. The van der Waals surface area contributed by atoms with Gasteiger partial charge in [0.2, 0.25) is 0 Å². The molecule has 0 N–H and O–H groups in total. The summed E-state index contributed by atoms with van der Waals surface area (Å²) in [5.41, 5.74) is 0. The summed E-state index contributed by atoms with van der Waals surface area (Å²) >= 11 is -0.748. The van der Waals surface area contributed by atoms with Crippen molar-refractivity contribution in [1.29, 1.82) is 0 Å². The van der Waals surface area contributed by atoms with Gasteiger partial charge < -0.3 is 4.79 Å². The average molecular weight is 156 g/mol. The van der Waals surface area contributed by atoms with Crippen molar-refractivity contribution in [3.63, 3.8) is 0 Å². The van der Waals surface area contributed by atoms with Crippen LogP contribution >= 0.6 is 0 Å². The van der Waals surface area contributed by atoms with Gasteiger partial charge >= 0.3 is 0 Å². The number of carbonyl (C=O) groups is 1. The second-order valence-corrected chi connectivity index (χ2v) is 8.02. The topological polar surface area (TPSA) is 17.1 Å². The van der Waals surface area contributed by atoms with Crippen LogP contribution in [0.1, 0.15) is 27.7 Å². The maximum absolute atomic E-state index is 10.3. The monoisotopic (exact) mass is 156 g/mol. The SMILES string of the molecule is C[CH](C)[Al]([CH2]C=O)[CH](C)C. The van der Waals surface area contributed by atoms with Crippen molar-refractivity contribution >= 4 is 20.4 Å². The molecule has 0 aliphatic heterocycles. The van der Waals surface area contributed by atoms with Gasteiger partial charge in [-0.3, -0.25) is 0 Å². The highest BCUT2D eigenvalue weighted by atomic mass is 27.2. The predicted octanol–water partition coefficient (Wildman–Crippen LogP) is 2.50. The van der Waals surface area contributed by atoms with Crippen LogP contribution in [0.3, 0.4) is 0 Å². The van der Waals surface area contributed by atoms with Gasteiger partial charge in [-0.15, -0.1) is 0 Å². The molecular formula is C8H17AlO. The van der Waals surface area contributed by atoms with E-state index in [-0.39, 0.29) is 0 Å². The number of aldehydes is 1. The van der Waals surface area contributed by atoms with Crippen molar-refractivity contribution in [3.05, 3.63) is 0 Å². The largest absolute Gasteiger partial charge is 0.305 e. The Morgan fingerprint density at radius 2 is 1.60 bits per heavy atom. The molecule has 58 valence electrons. The first kappa shape index (κ1) is 10.2. The third-order valence-electron chi connectivity index (χ3n) is 2.08. The first-order valence-corrected chi connectivity index (χ1v) is 6.18. The fourth-order valence-electron chi connectivity index (χ4n) is 1.43. The lowest BCUT2D eigenvalue weighted by Gasteiger charge is -2.15. The first-order chi connectivity index (χ1) is 4.59. The van der Waals surface area contributed by atoms with Crippen molar-refractivity contribution in [2.75, 3.05) is 0 Å². The number of hydrogen-bond donors (Lipinski definition) is 0. The minimum Gasteiger partial charge on any atom is -0.305 e. The maximum Gasteiger partial charge on any atom is 0.277 e. The molecule has 0 bridgehead atoms. The van der Waals surface area contributed by atoms with E-state index in [0.29, 0.717) is 0 Å². The summed E-state index contributed by atoms with van der Waals surface area (Å²) in [6, 6.07) is 0. The van der Waals surface area contributed by atoms with Gasteiger partial charge in [0, 0.05) is 0 Å². The molecule has 0 atom stereocenters. The second-order valence-electron chi connectivity index (χ2n) is 3.55. The molecule has 0 unspecified atom stereocenters. The fraction of sp³-hybridized carbons (Fsp3) is 0.875. The highest BCUT2D eigenvalue weighted by Gasteiger charge is 2.23. The Bertz CT molecular complexity index is 91.4. The Morgan fingerprint density at radius 1 is 1.20 bits per heavy atom. The molecule has 0 radical (unpaired) electrons. The molecule has 0 saturated carbocycles. The Hall–Kier alpha value is 0.202. The van der Waals surface area contributed by atoms with E-state index in [1.807, 2.05) is 0 Å². The second kappa shape index (κ2) is 4.93. The molecular weight excluding hydrogens is 139 g/mol. The summed E-state index contributed by atoms with van der Waals surface area (Å²) in [6.07, 6.45) is 1.09. The van der Waals surface area contributed by atoms with Gasteiger partial charge in [-0.25, -0.2) is 0 Å². The molecule has 0 fully saturated rings. The lowest BCUT2D eigenvalue weighted by Crippen LogP contribution is -2.20. The number of carbonyl (C=O) groups excluding carboxylic acids is 1. The van der Waals surface area contributed by atoms with Crippen LogP contribution in [-0.4, -0.2) is 20.4 Å². The van der Waals surface area contributed by atoms with Gasteiger partial charge in [-0.2, -0.15) is 0 Å². The van der Waals surface area contributed by atoms with Crippen molar-refractivity contribution in [2.24, 2.45) is 0 Å². The molecule has 2 heteroatoms. The van der Waals surface area contributed by atoms with Crippen LogP contribution in [0, 0.1) is 0 Å². The predicted molar refractivity (Wildman–Crippen MR) is 46.8 cm³/mol. The smallest absolute Gasteiger partial charge is 0.277 e. The third-order valence-corrected chi connectivity index (χ3v) is 6.24. The zero-order valence-electron chi connectivity index (χ0n) is 7.42. The van der Waals surface area contributed by atoms with Gasteiger partial charge in [0.25, 0.3) is 14.1 Å². The van der Waals surface area contributed by atoms with E-state index >= 15 is 0 Å². The zero-order chi connectivity index (χ0) is 8.15. The molecule has 0 aromatic carbocycles. The van der Waals surface area contributed by atoms with Crippen LogP contribution < -0.4 is 0 Å². The highest BCUT2D eigenvalue weighted by Crippen LogP contribution is 2.21. The quantitative estimate of drug-likeness (QED) is 0.451. The van der Waals surface area contributed by atoms with E-state index in [1.54, 1.807) is 0 Å². The summed E-state index contributed by atoms with van der Waals surface area (Å²) in [5.74, 6) is 0. The molecule has 0 spiro atoms. The molecule has 0 aliphatic carbocycles. The van der Waals surface area contributed by atoms with Gasteiger partial charge in [0.15, 0.2) is 0 Å². The van der Waals surface area contributed by atoms with Crippen molar-refractivity contribution in [3.8, 4) is 0 Å². The normalized spacial score (nSPS) is 10.6. The highest BCUT2D eigenvalue weighted by molar-refractivity contribution is 6.64.